The van der Waals surface area contributed by atoms with Crippen LogP contribution in [0, 0.1) is 0 Å². The highest BCUT2D eigenvalue weighted by Crippen LogP contribution is 2.21. The van der Waals surface area contributed by atoms with Crippen LogP contribution in [0.3, 0.4) is 0 Å². The van der Waals surface area contributed by atoms with Crippen LogP contribution >= 0.6 is 0 Å². The standard InChI is InChI=1S/C18H19N5O/c1-18(2,3)21-15-10-9-14(22-23-15)17(24)20-13-8-4-6-12-7-5-11-19-16(12)13/h4-11H,1-3H3,(H,20,24)(H,21,23). The first-order valence-electron chi connectivity index (χ1n) is 7.69. The molecule has 0 fully saturated rings. The van der Waals surface area contributed by atoms with Crippen LogP contribution in [0.25, 0.3) is 10.9 Å². The van der Waals surface area contributed by atoms with Crippen molar-refractivity contribution in [1.29, 1.82) is 0 Å². The fraction of sp³-hybridized carbons (Fsp3) is 0.222. The lowest BCUT2D eigenvalue weighted by molar-refractivity contribution is 0.102. The Morgan fingerprint density at radius 3 is 2.50 bits per heavy atom. The molecule has 0 saturated heterocycles. The highest BCUT2D eigenvalue weighted by Gasteiger charge is 2.13. The van der Waals surface area contributed by atoms with Gasteiger partial charge in [0.2, 0.25) is 0 Å². The quantitative estimate of drug-likeness (QED) is 0.772. The van der Waals surface area contributed by atoms with E-state index in [4.69, 9.17) is 0 Å². The number of pyridine rings is 1. The molecule has 2 heterocycles. The van der Waals surface area contributed by atoms with Crippen molar-refractivity contribution in [3.63, 3.8) is 0 Å². The van der Waals surface area contributed by atoms with Gasteiger partial charge in [-0.3, -0.25) is 9.78 Å². The van der Waals surface area contributed by atoms with E-state index in [9.17, 15) is 4.79 Å². The second-order valence-corrected chi connectivity index (χ2v) is 6.51. The van der Waals surface area contributed by atoms with Crippen LogP contribution in [0.2, 0.25) is 0 Å². The van der Waals surface area contributed by atoms with Crippen LogP contribution in [0.1, 0.15) is 31.3 Å². The number of carbonyl (C=O) groups is 1. The van der Waals surface area contributed by atoms with Crippen molar-refractivity contribution in [2.45, 2.75) is 26.3 Å². The summed E-state index contributed by atoms with van der Waals surface area (Å²) in [6.07, 6.45) is 1.70. The minimum absolute atomic E-state index is 0.118. The number of aromatic nitrogens is 3. The summed E-state index contributed by atoms with van der Waals surface area (Å²) in [5.41, 5.74) is 1.53. The minimum Gasteiger partial charge on any atom is -0.364 e. The van der Waals surface area contributed by atoms with Gasteiger partial charge < -0.3 is 10.6 Å². The molecule has 122 valence electrons. The molecule has 0 unspecified atom stereocenters. The molecule has 0 aliphatic carbocycles. The highest BCUT2D eigenvalue weighted by molar-refractivity contribution is 6.07. The Labute approximate surface area is 140 Å². The average Bonchev–Trinajstić information content (AvgIpc) is 2.54. The molecule has 0 saturated carbocycles. The van der Waals surface area contributed by atoms with E-state index in [0.717, 1.165) is 10.9 Å². The molecular formula is C18H19N5O. The van der Waals surface area contributed by atoms with Gasteiger partial charge in [0, 0.05) is 17.1 Å². The molecule has 6 heteroatoms. The molecule has 0 aliphatic heterocycles. The summed E-state index contributed by atoms with van der Waals surface area (Å²) in [4.78, 5) is 16.7. The molecule has 2 N–H and O–H groups in total. The molecule has 3 rings (SSSR count). The number of nitrogens with one attached hydrogen (secondary N) is 2. The predicted molar refractivity (Wildman–Crippen MR) is 95.1 cm³/mol. The lowest BCUT2D eigenvalue weighted by Gasteiger charge is -2.20. The molecule has 0 bridgehead atoms. The molecule has 3 aromatic rings. The lowest BCUT2D eigenvalue weighted by Crippen LogP contribution is -2.27. The van der Waals surface area contributed by atoms with Gasteiger partial charge in [0.15, 0.2) is 5.69 Å². The van der Waals surface area contributed by atoms with Gasteiger partial charge in [-0.2, -0.15) is 0 Å². The van der Waals surface area contributed by atoms with Crippen molar-refractivity contribution < 1.29 is 4.79 Å². The highest BCUT2D eigenvalue weighted by atomic mass is 16.1. The summed E-state index contributed by atoms with van der Waals surface area (Å²) in [7, 11) is 0. The van der Waals surface area contributed by atoms with Gasteiger partial charge >= 0.3 is 0 Å². The monoisotopic (exact) mass is 321 g/mol. The van der Waals surface area contributed by atoms with Crippen molar-refractivity contribution in [1.82, 2.24) is 15.2 Å². The largest absolute Gasteiger partial charge is 0.364 e. The van der Waals surface area contributed by atoms with Crippen LogP contribution in [0.4, 0.5) is 11.5 Å². The third-order valence-electron chi connectivity index (χ3n) is 3.28. The summed E-state index contributed by atoms with van der Waals surface area (Å²) in [5.74, 6) is 0.314. The number of hydrogen-bond acceptors (Lipinski definition) is 5. The molecule has 0 aliphatic rings. The number of rotatable bonds is 3. The maximum Gasteiger partial charge on any atom is 0.276 e. The maximum atomic E-state index is 12.4. The summed E-state index contributed by atoms with van der Waals surface area (Å²) >= 11 is 0. The van der Waals surface area contributed by atoms with Crippen LogP contribution in [0.15, 0.2) is 48.7 Å². The van der Waals surface area contributed by atoms with Gasteiger partial charge in [0.1, 0.15) is 5.82 Å². The zero-order valence-corrected chi connectivity index (χ0v) is 13.9. The smallest absolute Gasteiger partial charge is 0.276 e. The van der Waals surface area contributed by atoms with Gasteiger partial charge in [-0.1, -0.05) is 18.2 Å². The van der Waals surface area contributed by atoms with Crippen molar-refractivity contribution in [2.24, 2.45) is 0 Å². The molecule has 6 nitrogen and oxygen atoms in total. The summed E-state index contributed by atoms with van der Waals surface area (Å²) in [5, 5.41) is 15.1. The molecule has 1 aromatic carbocycles. The summed E-state index contributed by atoms with van der Waals surface area (Å²) in [6.45, 7) is 6.09. The van der Waals surface area contributed by atoms with Gasteiger partial charge in [-0.25, -0.2) is 0 Å². The van der Waals surface area contributed by atoms with Crippen molar-refractivity contribution in [3.8, 4) is 0 Å². The number of carbonyl (C=O) groups excluding carboxylic acids is 1. The third-order valence-corrected chi connectivity index (χ3v) is 3.28. The number of fused-ring (bicyclic) bond motifs is 1. The maximum absolute atomic E-state index is 12.4. The predicted octanol–water partition coefficient (Wildman–Crippen LogP) is 3.49. The Balaban J connectivity index is 1.79. The molecular weight excluding hydrogens is 302 g/mol. The SMILES string of the molecule is CC(C)(C)Nc1ccc(C(=O)Nc2cccc3cccnc23)nn1. The number of nitrogens with zero attached hydrogens (tertiary/aromatic N) is 3. The number of hydrogen-bond donors (Lipinski definition) is 2. The number of para-hydroxylation sites is 1. The first kappa shape index (κ1) is 15.9. The number of anilines is 2. The second-order valence-electron chi connectivity index (χ2n) is 6.51. The molecule has 0 radical (unpaired) electrons. The summed E-state index contributed by atoms with van der Waals surface area (Å²) < 4.78 is 0. The van der Waals surface area contributed by atoms with Crippen molar-refractivity contribution in [2.75, 3.05) is 10.6 Å². The Morgan fingerprint density at radius 1 is 1.00 bits per heavy atom. The molecule has 0 atom stereocenters. The van der Waals surface area contributed by atoms with Gasteiger partial charge in [0.25, 0.3) is 5.91 Å². The van der Waals surface area contributed by atoms with Crippen LogP contribution < -0.4 is 10.6 Å². The molecule has 0 spiro atoms. The first-order valence-corrected chi connectivity index (χ1v) is 7.69. The van der Waals surface area contributed by atoms with E-state index >= 15 is 0 Å². The fourth-order valence-electron chi connectivity index (χ4n) is 2.30. The molecule has 2 aromatic heterocycles. The first-order chi connectivity index (χ1) is 11.4. The molecule has 1 amide bonds. The Kier molecular flexibility index (Phi) is 4.12. The van der Waals surface area contributed by atoms with E-state index in [-0.39, 0.29) is 17.1 Å². The average molecular weight is 321 g/mol. The van der Waals surface area contributed by atoms with Gasteiger partial charge in [-0.15, -0.1) is 10.2 Å². The van der Waals surface area contributed by atoms with E-state index < -0.39 is 0 Å². The lowest BCUT2D eigenvalue weighted by atomic mass is 10.1. The normalized spacial score (nSPS) is 11.3. The van der Waals surface area contributed by atoms with E-state index in [1.54, 1.807) is 18.3 Å². The zero-order chi connectivity index (χ0) is 17.2. The second kappa shape index (κ2) is 6.23. The Bertz CT molecular complexity index is 863. The van der Waals surface area contributed by atoms with Crippen molar-refractivity contribution >= 4 is 28.3 Å². The van der Waals surface area contributed by atoms with E-state index in [2.05, 4.69) is 25.8 Å². The summed E-state index contributed by atoms with van der Waals surface area (Å²) in [6, 6.07) is 12.8. The Hall–Kier alpha value is -3.02. The number of benzene rings is 1. The number of amides is 1. The minimum atomic E-state index is -0.317. The van der Waals surface area contributed by atoms with Gasteiger partial charge in [-0.05, 0) is 45.0 Å². The van der Waals surface area contributed by atoms with E-state index in [1.165, 1.54) is 0 Å². The van der Waals surface area contributed by atoms with Gasteiger partial charge in [0.05, 0.1) is 11.2 Å². The van der Waals surface area contributed by atoms with Crippen LogP contribution in [-0.2, 0) is 0 Å². The van der Waals surface area contributed by atoms with Crippen LogP contribution in [0.5, 0.6) is 0 Å². The molecule has 24 heavy (non-hydrogen) atoms. The zero-order valence-electron chi connectivity index (χ0n) is 13.9. The van der Waals surface area contributed by atoms with E-state index in [0.29, 0.717) is 11.5 Å². The Morgan fingerprint density at radius 2 is 1.79 bits per heavy atom. The van der Waals surface area contributed by atoms with E-state index in [1.807, 2.05) is 51.1 Å². The topological polar surface area (TPSA) is 79.8 Å². The third kappa shape index (κ3) is 3.65. The van der Waals surface area contributed by atoms with Crippen molar-refractivity contribution in [3.05, 3.63) is 54.4 Å². The van der Waals surface area contributed by atoms with Crippen LogP contribution in [-0.4, -0.2) is 26.6 Å². The fourth-order valence-corrected chi connectivity index (χ4v) is 2.30.